The third-order valence-electron chi connectivity index (χ3n) is 8.21. The molecule has 238 valence electrons. The van der Waals surface area contributed by atoms with Gasteiger partial charge in [-0.1, -0.05) is 48.0 Å². The van der Waals surface area contributed by atoms with Crippen LogP contribution >= 0.6 is 11.6 Å². The molecule has 1 fully saturated rings. The highest BCUT2D eigenvalue weighted by Gasteiger charge is 2.49. The summed E-state index contributed by atoms with van der Waals surface area (Å²) in [6.07, 6.45) is -0.137. The minimum atomic E-state index is -2.94. The standard InChI is InChI=1S/C35H38ClF2N3O4/c1-20-8-14-28(21(2)39-20)35(43,25-18-41(19-25)32(42)45-33(3,4)5)24-13-15-29-26(17-24)30(36)27(31(40-29)44-7)16-22-9-11-23(12-10-22)34(6,37)38/h8-15,17,25,43H,16,18-19H2,1-7H3. The smallest absolute Gasteiger partial charge is 0.410 e. The second kappa shape index (κ2) is 11.8. The summed E-state index contributed by atoms with van der Waals surface area (Å²) in [5.74, 6) is -2.97. The zero-order valence-corrected chi connectivity index (χ0v) is 27.3. The van der Waals surface area contributed by atoms with Crippen molar-refractivity contribution in [2.45, 2.75) is 65.1 Å². The highest BCUT2D eigenvalue weighted by Crippen LogP contribution is 2.45. The molecule has 1 aliphatic rings. The molecule has 5 rings (SSSR count). The van der Waals surface area contributed by atoms with E-state index in [0.29, 0.717) is 50.6 Å². The SMILES string of the molecule is COc1nc2ccc(C(O)(c3ccc(C)nc3C)C3CN(C(=O)OC(C)(C)C)C3)cc2c(Cl)c1Cc1ccc(C(C)(F)F)cc1. The average Bonchev–Trinajstić information content (AvgIpc) is 2.92. The van der Waals surface area contributed by atoms with Crippen LogP contribution in [0.4, 0.5) is 13.6 Å². The van der Waals surface area contributed by atoms with Crippen molar-refractivity contribution in [2.24, 2.45) is 5.92 Å². The maximum Gasteiger partial charge on any atom is 0.410 e. The number of nitrogens with zero attached hydrogens (tertiary/aromatic N) is 3. The Morgan fingerprint density at radius 2 is 1.64 bits per heavy atom. The van der Waals surface area contributed by atoms with Gasteiger partial charge in [0.05, 0.1) is 17.6 Å². The van der Waals surface area contributed by atoms with Crippen molar-refractivity contribution in [3.8, 4) is 5.88 Å². The maximum absolute atomic E-state index is 13.8. The molecular weight excluding hydrogens is 600 g/mol. The van der Waals surface area contributed by atoms with Crippen LogP contribution in [0.15, 0.2) is 54.6 Å². The molecule has 2 aromatic carbocycles. The molecule has 0 radical (unpaired) electrons. The average molecular weight is 638 g/mol. The molecule has 1 atom stereocenters. The van der Waals surface area contributed by atoms with Crippen LogP contribution in [0.1, 0.15) is 66.9 Å². The lowest BCUT2D eigenvalue weighted by molar-refractivity contribution is -0.0694. The minimum absolute atomic E-state index is 0.0769. The summed E-state index contributed by atoms with van der Waals surface area (Å²) in [6, 6.07) is 15.2. The van der Waals surface area contributed by atoms with Crippen molar-refractivity contribution in [3.05, 3.63) is 98.8 Å². The van der Waals surface area contributed by atoms with Crippen LogP contribution in [0.2, 0.25) is 5.02 Å². The molecule has 4 aromatic rings. The first kappa shape index (κ1) is 32.6. The Bertz CT molecular complexity index is 1750. The summed E-state index contributed by atoms with van der Waals surface area (Å²) in [5, 5.41) is 13.6. The molecule has 0 aliphatic carbocycles. The number of pyridine rings is 2. The molecule has 0 bridgehead atoms. The molecule has 0 saturated carbocycles. The fourth-order valence-electron chi connectivity index (χ4n) is 5.84. The first-order chi connectivity index (χ1) is 21.0. The lowest BCUT2D eigenvalue weighted by Gasteiger charge is -2.48. The zero-order valence-electron chi connectivity index (χ0n) is 26.5. The molecule has 1 amide bonds. The van der Waals surface area contributed by atoms with Crippen LogP contribution in [0.5, 0.6) is 5.88 Å². The number of fused-ring (bicyclic) bond motifs is 1. The quantitative estimate of drug-likeness (QED) is 0.223. The highest BCUT2D eigenvalue weighted by atomic mass is 35.5. The first-order valence-corrected chi connectivity index (χ1v) is 15.2. The predicted molar refractivity (Wildman–Crippen MR) is 170 cm³/mol. The van der Waals surface area contributed by atoms with Gasteiger partial charge in [0.2, 0.25) is 5.88 Å². The highest BCUT2D eigenvalue weighted by molar-refractivity contribution is 6.36. The third kappa shape index (κ3) is 6.47. The predicted octanol–water partition coefficient (Wildman–Crippen LogP) is 7.71. The molecule has 1 saturated heterocycles. The Kier molecular flexibility index (Phi) is 8.57. The van der Waals surface area contributed by atoms with Gasteiger partial charge in [0.25, 0.3) is 5.92 Å². The summed E-state index contributed by atoms with van der Waals surface area (Å²) >= 11 is 7.05. The van der Waals surface area contributed by atoms with Crippen LogP contribution < -0.4 is 4.74 Å². The Hall–Kier alpha value is -3.82. The normalized spacial score (nSPS) is 15.5. The molecule has 45 heavy (non-hydrogen) atoms. The first-order valence-electron chi connectivity index (χ1n) is 14.8. The van der Waals surface area contributed by atoms with Crippen molar-refractivity contribution in [1.29, 1.82) is 0 Å². The summed E-state index contributed by atoms with van der Waals surface area (Å²) in [7, 11) is 1.50. The molecule has 3 heterocycles. The van der Waals surface area contributed by atoms with Gasteiger partial charge in [-0.2, -0.15) is 0 Å². The van der Waals surface area contributed by atoms with Gasteiger partial charge in [-0.3, -0.25) is 4.98 Å². The van der Waals surface area contributed by atoms with E-state index in [1.54, 1.807) is 23.1 Å². The number of aryl methyl sites for hydroxylation is 2. The van der Waals surface area contributed by atoms with Gasteiger partial charge in [-0.05, 0) is 63.9 Å². The van der Waals surface area contributed by atoms with E-state index in [-0.39, 0.29) is 24.6 Å². The Labute approximate surface area is 267 Å². The molecule has 2 aromatic heterocycles. The molecule has 10 heteroatoms. The van der Waals surface area contributed by atoms with E-state index in [2.05, 4.69) is 4.98 Å². The Morgan fingerprint density at radius 3 is 2.22 bits per heavy atom. The maximum atomic E-state index is 13.8. The largest absolute Gasteiger partial charge is 0.481 e. The fourth-order valence-corrected chi connectivity index (χ4v) is 6.14. The number of hydrogen-bond acceptors (Lipinski definition) is 6. The summed E-state index contributed by atoms with van der Waals surface area (Å²) in [4.78, 5) is 23.7. The van der Waals surface area contributed by atoms with Gasteiger partial charge in [0.15, 0.2) is 0 Å². The summed E-state index contributed by atoms with van der Waals surface area (Å²) in [5.41, 5.74) is 2.39. The summed E-state index contributed by atoms with van der Waals surface area (Å²) in [6.45, 7) is 10.6. The number of carbonyl (C=O) groups excluding carboxylic acids is 1. The Morgan fingerprint density at radius 1 is 1.00 bits per heavy atom. The monoisotopic (exact) mass is 637 g/mol. The van der Waals surface area contributed by atoms with E-state index < -0.39 is 23.2 Å². The van der Waals surface area contributed by atoms with E-state index in [4.69, 9.17) is 26.1 Å². The number of alkyl halides is 2. The van der Waals surface area contributed by atoms with Crippen molar-refractivity contribution in [3.63, 3.8) is 0 Å². The van der Waals surface area contributed by atoms with E-state index in [0.717, 1.165) is 18.2 Å². The third-order valence-corrected chi connectivity index (χ3v) is 8.64. The van der Waals surface area contributed by atoms with E-state index in [1.807, 2.05) is 58.9 Å². The fraction of sp³-hybridized carbons (Fsp3) is 0.400. The van der Waals surface area contributed by atoms with Crippen molar-refractivity contribution >= 4 is 28.6 Å². The molecule has 1 N–H and O–H groups in total. The minimum Gasteiger partial charge on any atom is -0.481 e. The number of carbonyl (C=O) groups is 1. The van der Waals surface area contributed by atoms with Crippen LogP contribution in [-0.2, 0) is 22.7 Å². The number of methoxy groups -OCH3 is 1. The van der Waals surface area contributed by atoms with Crippen LogP contribution in [0, 0.1) is 19.8 Å². The second-order valence-electron chi connectivity index (χ2n) is 12.8. The number of halogens is 3. The van der Waals surface area contributed by atoms with Gasteiger partial charge >= 0.3 is 6.09 Å². The van der Waals surface area contributed by atoms with Crippen molar-refractivity contribution < 1.29 is 28.2 Å². The number of hydrogen-bond donors (Lipinski definition) is 1. The van der Waals surface area contributed by atoms with E-state index in [1.165, 1.54) is 19.2 Å². The van der Waals surface area contributed by atoms with Crippen LogP contribution in [0.3, 0.4) is 0 Å². The number of aliphatic hydroxyl groups is 1. The molecule has 1 aliphatic heterocycles. The van der Waals surface area contributed by atoms with Gasteiger partial charge in [-0.15, -0.1) is 0 Å². The number of rotatable bonds is 7. The number of ether oxygens (including phenoxy) is 2. The van der Waals surface area contributed by atoms with Crippen molar-refractivity contribution in [1.82, 2.24) is 14.9 Å². The molecule has 1 unspecified atom stereocenters. The zero-order chi connectivity index (χ0) is 32.9. The van der Waals surface area contributed by atoms with Crippen LogP contribution in [0.25, 0.3) is 10.9 Å². The summed E-state index contributed by atoms with van der Waals surface area (Å²) < 4.78 is 38.7. The number of likely N-dealkylation sites (tertiary alicyclic amines) is 1. The lowest BCUT2D eigenvalue weighted by atomic mass is 9.71. The topological polar surface area (TPSA) is 84.8 Å². The molecular formula is C35H38ClF2N3O4. The van der Waals surface area contributed by atoms with E-state index >= 15 is 0 Å². The number of aromatic nitrogens is 2. The van der Waals surface area contributed by atoms with Crippen LogP contribution in [-0.4, -0.2) is 51.9 Å². The lowest BCUT2D eigenvalue weighted by Crippen LogP contribution is -2.59. The van der Waals surface area contributed by atoms with Crippen molar-refractivity contribution in [2.75, 3.05) is 20.2 Å². The van der Waals surface area contributed by atoms with Gasteiger partial charge in [0.1, 0.15) is 11.2 Å². The van der Waals surface area contributed by atoms with E-state index in [9.17, 15) is 18.7 Å². The number of benzene rings is 2. The molecule has 7 nitrogen and oxygen atoms in total. The van der Waals surface area contributed by atoms with Gasteiger partial charge in [-0.25, -0.2) is 18.6 Å². The Balaban J connectivity index is 1.57. The van der Waals surface area contributed by atoms with Gasteiger partial charge in [0, 0.05) is 65.8 Å². The number of amides is 1. The molecule has 0 spiro atoms. The van der Waals surface area contributed by atoms with Gasteiger partial charge < -0.3 is 19.5 Å². The second-order valence-corrected chi connectivity index (χ2v) is 13.2.